The van der Waals surface area contributed by atoms with Gasteiger partial charge in [-0.1, -0.05) is 55.7 Å². The molecule has 0 amide bonds. The first-order valence-electron chi connectivity index (χ1n) is 13.4. The van der Waals surface area contributed by atoms with Gasteiger partial charge in [-0.3, -0.25) is 14.4 Å². The third-order valence-corrected chi connectivity index (χ3v) is 9.28. The molecule has 2 saturated heterocycles. The maximum absolute atomic E-state index is 14.7. The lowest BCUT2D eigenvalue weighted by atomic mass is 9.36. The van der Waals surface area contributed by atoms with Crippen molar-refractivity contribution in [2.45, 2.75) is 113 Å². The van der Waals surface area contributed by atoms with E-state index in [9.17, 15) is 19.5 Å². The average Bonchev–Trinajstić information content (AvgIpc) is 3.09. The molecule has 2 aliphatic heterocycles. The Hall–Kier alpha value is -1.85. The number of aliphatic hydroxyl groups is 1. The van der Waals surface area contributed by atoms with Crippen LogP contribution in [0.15, 0.2) is 34.9 Å². The van der Waals surface area contributed by atoms with Gasteiger partial charge in [0.05, 0.1) is 5.41 Å². The fourth-order valence-electron chi connectivity index (χ4n) is 7.35. The van der Waals surface area contributed by atoms with Gasteiger partial charge >= 0.3 is 0 Å². The summed E-state index contributed by atoms with van der Waals surface area (Å²) in [5.41, 5.74) is -2.65. The highest BCUT2D eigenvalue weighted by Gasteiger charge is 2.93. The second-order valence-corrected chi connectivity index (χ2v) is 13.0. The van der Waals surface area contributed by atoms with Crippen LogP contribution in [0.3, 0.4) is 0 Å². The van der Waals surface area contributed by atoms with E-state index in [1.807, 2.05) is 54.5 Å². The Morgan fingerprint density at radius 2 is 1.53 bits per heavy atom. The minimum absolute atomic E-state index is 0.0424. The van der Waals surface area contributed by atoms with Crippen molar-refractivity contribution in [3.63, 3.8) is 0 Å². The van der Waals surface area contributed by atoms with Gasteiger partial charge in [0, 0.05) is 12.3 Å². The van der Waals surface area contributed by atoms with Crippen molar-refractivity contribution in [2.75, 3.05) is 0 Å². The summed E-state index contributed by atoms with van der Waals surface area (Å²) in [6.07, 6.45) is 8.33. The zero-order valence-corrected chi connectivity index (χ0v) is 24.0. The fourth-order valence-corrected chi connectivity index (χ4v) is 7.35. The van der Waals surface area contributed by atoms with Crippen LogP contribution in [0, 0.1) is 28.1 Å². The first-order valence-corrected chi connectivity index (χ1v) is 13.4. The second-order valence-electron chi connectivity index (χ2n) is 13.0. The normalized spacial score (nSPS) is 38.8. The molecule has 3 fully saturated rings. The van der Waals surface area contributed by atoms with Gasteiger partial charge in [0.25, 0.3) is 0 Å². The summed E-state index contributed by atoms with van der Waals surface area (Å²) in [7, 11) is 0. The van der Waals surface area contributed by atoms with Crippen LogP contribution in [0.2, 0.25) is 0 Å². The van der Waals surface area contributed by atoms with Gasteiger partial charge in [-0.15, -0.1) is 0 Å². The zero-order chi connectivity index (χ0) is 27.5. The van der Waals surface area contributed by atoms with Crippen molar-refractivity contribution in [3.8, 4) is 0 Å². The number of ketones is 3. The van der Waals surface area contributed by atoms with E-state index in [0.29, 0.717) is 25.7 Å². The number of ether oxygens (including phenoxy) is 1. The summed E-state index contributed by atoms with van der Waals surface area (Å²) in [5, 5.41) is 12.5. The molecule has 3 rings (SSSR count). The van der Waals surface area contributed by atoms with E-state index in [1.165, 1.54) is 0 Å². The quantitative estimate of drug-likeness (QED) is 0.298. The van der Waals surface area contributed by atoms with Crippen LogP contribution < -0.4 is 0 Å². The van der Waals surface area contributed by atoms with Gasteiger partial charge in [0.1, 0.15) is 0 Å². The lowest BCUT2D eigenvalue weighted by Crippen LogP contribution is -2.78. The van der Waals surface area contributed by atoms with Crippen LogP contribution >= 0.6 is 0 Å². The molecular formula is C31H46O5. The highest BCUT2D eigenvalue weighted by atomic mass is 16.7. The van der Waals surface area contributed by atoms with E-state index < -0.39 is 39.3 Å². The van der Waals surface area contributed by atoms with Crippen LogP contribution in [-0.4, -0.2) is 33.8 Å². The molecule has 1 N–H and O–H groups in total. The number of hydrogen-bond donors (Lipinski definition) is 1. The summed E-state index contributed by atoms with van der Waals surface area (Å²) in [6.45, 7) is 19.2. The molecule has 1 aliphatic carbocycles. The first kappa shape index (κ1) is 28.7. The third kappa shape index (κ3) is 3.52. The third-order valence-electron chi connectivity index (χ3n) is 9.28. The maximum Gasteiger partial charge on any atom is 0.200 e. The summed E-state index contributed by atoms with van der Waals surface area (Å²) in [4.78, 5) is 43.2. The first-order chi connectivity index (χ1) is 16.5. The predicted octanol–water partition coefficient (Wildman–Crippen LogP) is 6.30. The smallest absolute Gasteiger partial charge is 0.200 e. The van der Waals surface area contributed by atoms with Crippen LogP contribution in [0.1, 0.15) is 101 Å². The van der Waals surface area contributed by atoms with Crippen LogP contribution in [0.5, 0.6) is 0 Å². The Morgan fingerprint density at radius 1 is 0.972 bits per heavy atom. The van der Waals surface area contributed by atoms with Gasteiger partial charge in [-0.2, -0.15) is 0 Å². The highest BCUT2D eigenvalue weighted by molar-refractivity contribution is 6.28. The molecule has 5 heteroatoms. The van der Waals surface area contributed by atoms with E-state index in [0.717, 1.165) is 16.7 Å². The Labute approximate surface area is 217 Å². The van der Waals surface area contributed by atoms with Crippen LogP contribution in [0.4, 0.5) is 0 Å². The van der Waals surface area contributed by atoms with Crippen molar-refractivity contribution in [2.24, 2.45) is 28.1 Å². The molecule has 0 aromatic heterocycles. The summed E-state index contributed by atoms with van der Waals surface area (Å²) in [5.74, 6) is -4.05. The van der Waals surface area contributed by atoms with E-state index >= 15 is 0 Å². The second kappa shape index (κ2) is 9.16. The van der Waals surface area contributed by atoms with Crippen molar-refractivity contribution in [1.29, 1.82) is 0 Å². The number of allylic oxidation sites excluding steroid dienone is 5. The Bertz CT molecular complexity index is 1050. The van der Waals surface area contributed by atoms with Gasteiger partial charge in [-0.05, 0) is 85.5 Å². The van der Waals surface area contributed by atoms with Gasteiger partial charge in [-0.25, -0.2) is 0 Å². The molecule has 36 heavy (non-hydrogen) atoms. The number of carbonyl (C=O) groups is 3. The van der Waals surface area contributed by atoms with Crippen molar-refractivity contribution >= 4 is 17.3 Å². The molecule has 0 aromatic rings. The van der Waals surface area contributed by atoms with E-state index in [1.54, 1.807) is 20.8 Å². The summed E-state index contributed by atoms with van der Waals surface area (Å²) in [6, 6.07) is 0. The molecule has 6 atom stereocenters. The Morgan fingerprint density at radius 3 is 2.03 bits per heavy atom. The zero-order valence-electron chi connectivity index (χ0n) is 24.0. The van der Waals surface area contributed by atoms with Crippen molar-refractivity contribution < 1.29 is 24.2 Å². The lowest BCUT2D eigenvalue weighted by Gasteiger charge is -2.64. The molecule has 1 saturated carbocycles. The van der Waals surface area contributed by atoms with Gasteiger partial charge in [0.15, 0.2) is 34.2 Å². The summed E-state index contributed by atoms with van der Waals surface area (Å²) < 4.78 is 6.32. The van der Waals surface area contributed by atoms with E-state index in [4.69, 9.17) is 4.74 Å². The topological polar surface area (TPSA) is 80.7 Å². The summed E-state index contributed by atoms with van der Waals surface area (Å²) >= 11 is 0. The van der Waals surface area contributed by atoms with Crippen LogP contribution in [0.25, 0.3) is 0 Å². The lowest BCUT2D eigenvalue weighted by molar-refractivity contribution is -0.314. The van der Waals surface area contributed by atoms with E-state index in [-0.39, 0.29) is 23.9 Å². The standard InChI is InChI=1S/C31H46O5/c1-19(2)12-11-16-27(9)23(14-13-20(3)4)18-28(10)25(33)29(17-15-21(5)6)26(34)30(27,24(32)22(7)8)31(28,35)36-29/h12-13,15,22-23,35H,11,14,16-18H2,1-10H3. The molecule has 200 valence electrons. The molecule has 2 heterocycles. The Balaban J connectivity index is 2.39. The van der Waals surface area contributed by atoms with Crippen molar-refractivity contribution in [3.05, 3.63) is 34.9 Å². The predicted molar refractivity (Wildman–Crippen MR) is 142 cm³/mol. The van der Waals surface area contributed by atoms with Gasteiger partial charge in [0.2, 0.25) is 0 Å². The molecule has 0 aromatic carbocycles. The average molecular weight is 499 g/mol. The van der Waals surface area contributed by atoms with E-state index in [2.05, 4.69) is 12.2 Å². The minimum Gasteiger partial charge on any atom is -0.363 e. The number of carbonyl (C=O) groups excluding carboxylic acids is 3. The SMILES string of the molecule is CC(C)=CCCC1(C)C(CC=C(C)C)CC2(C)C(=O)C3(CC=C(C)C)OC2(O)C1(C(=O)C(C)C)C3=O. The monoisotopic (exact) mass is 498 g/mol. The fraction of sp³-hybridized carbons (Fsp3) is 0.710. The number of hydrogen-bond acceptors (Lipinski definition) is 5. The molecule has 2 bridgehead atoms. The molecule has 5 nitrogen and oxygen atoms in total. The largest absolute Gasteiger partial charge is 0.363 e. The van der Waals surface area contributed by atoms with Crippen molar-refractivity contribution in [1.82, 2.24) is 0 Å². The maximum atomic E-state index is 14.7. The molecule has 0 spiro atoms. The molecule has 6 unspecified atom stereocenters. The van der Waals surface area contributed by atoms with Crippen LogP contribution in [-0.2, 0) is 19.1 Å². The van der Waals surface area contributed by atoms with Gasteiger partial charge < -0.3 is 9.84 Å². The number of Topliss-reactive ketones (excluding diaryl/α,β-unsaturated/α-hetero) is 3. The Kier molecular flexibility index (Phi) is 7.31. The number of fused-ring (bicyclic) bond motifs is 1. The minimum atomic E-state index is -2.17. The molecule has 0 radical (unpaired) electrons. The molecular weight excluding hydrogens is 452 g/mol. The molecule has 3 aliphatic rings. The highest BCUT2D eigenvalue weighted by Crippen LogP contribution is 2.77. The number of rotatable bonds is 9.